The van der Waals surface area contributed by atoms with Crippen LogP contribution in [0, 0.1) is 0 Å². The van der Waals surface area contributed by atoms with Gasteiger partial charge in [-0.15, -0.1) is 0 Å². The summed E-state index contributed by atoms with van der Waals surface area (Å²) in [5.41, 5.74) is 0. The molecule has 9 N–H and O–H groups in total. The Hall–Kier alpha value is -2.31. The Morgan fingerprint density at radius 3 is 1.22 bits per heavy atom. The zero-order valence-corrected chi connectivity index (χ0v) is 55.3. The Morgan fingerprint density at radius 1 is 0.425 bits per heavy atom. The van der Waals surface area contributed by atoms with Crippen LogP contribution in [0.25, 0.3) is 0 Å². The average molecular weight is 1230 g/mol. The van der Waals surface area contributed by atoms with Crippen LogP contribution in [0.1, 0.15) is 303 Å². The van der Waals surface area contributed by atoms with Crippen LogP contribution in [0.5, 0.6) is 0 Å². The number of aliphatic hydroxyl groups is 8. The number of unbranched alkanes of at least 4 members (excludes halogenated alkanes) is 36. The highest BCUT2D eigenvalue weighted by Crippen LogP contribution is 2.30. The summed E-state index contributed by atoms with van der Waals surface area (Å²) in [6, 6.07) is -0.828. The number of ether oxygens (including phenoxy) is 4. The van der Waals surface area contributed by atoms with Gasteiger partial charge in [-0.1, -0.05) is 299 Å². The second kappa shape index (κ2) is 57.6. The average Bonchev–Trinajstić information content (AvgIpc) is 2.05. The Labute approximate surface area is 530 Å². The number of hydrogen-bond donors (Lipinski definition) is 9. The fourth-order valence-corrected chi connectivity index (χ4v) is 11.8. The molecule has 2 rings (SSSR count). The third kappa shape index (κ3) is 41.7. The highest BCUT2D eigenvalue weighted by molar-refractivity contribution is 5.76. The Morgan fingerprint density at radius 2 is 0.793 bits per heavy atom. The number of hydrogen-bond acceptors (Lipinski definition) is 13. The van der Waals surface area contributed by atoms with Crippen molar-refractivity contribution in [2.45, 2.75) is 376 Å². The van der Waals surface area contributed by atoms with Gasteiger partial charge in [0.15, 0.2) is 12.6 Å². The van der Waals surface area contributed by atoms with Gasteiger partial charge < -0.3 is 65.1 Å². The molecule has 2 fully saturated rings. The molecule has 0 saturated carbocycles. The van der Waals surface area contributed by atoms with Gasteiger partial charge >= 0.3 is 0 Å². The van der Waals surface area contributed by atoms with E-state index in [4.69, 9.17) is 18.9 Å². The number of allylic oxidation sites excluding steroid dienone is 10. The maximum atomic E-state index is 13.3. The van der Waals surface area contributed by atoms with Crippen molar-refractivity contribution in [3.63, 3.8) is 0 Å². The molecule has 0 bridgehead atoms. The number of aliphatic hydroxyl groups excluding tert-OH is 8. The molecule has 87 heavy (non-hydrogen) atoms. The first-order valence-corrected chi connectivity index (χ1v) is 36.0. The van der Waals surface area contributed by atoms with Crippen LogP contribution in [-0.2, 0) is 23.7 Å². The lowest BCUT2D eigenvalue weighted by molar-refractivity contribution is -0.359. The third-order valence-corrected chi connectivity index (χ3v) is 17.5. The van der Waals surface area contributed by atoms with Gasteiger partial charge in [-0.2, -0.15) is 0 Å². The minimum atomic E-state index is -1.78. The molecule has 0 aliphatic carbocycles. The van der Waals surface area contributed by atoms with Gasteiger partial charge in [-0.25, -0.2) is 0 Å². The molecular formula is C73H133NO13. The van der Waals surface area contributed by atoms with Gasteiger partial charge in [0.25, 0.3) is 0 Å². The van der Waals surface area contributed by atoms with Crippen molar-refractivity contribution in [2.75, 3.05) is 19.8 Å². The lowest BCUT2D eigenvalue weighted by Gasteiger charge is -2.46. The Balaban J connectivity index is 1.55. The van der Waals surface area contributed by atoms with E-state index in [1.807, 2.05) is 0 Å². The smallest absolute Gasteiger partial charge is 0.220 e. The molecule has 0 spiro atoms. The molecule has 2 heterocycles. The van der Waals surface area contributed by atoms with E-state index in [0.717, 1.165) is 83.5 Å². The number of rotatable bonds is 59. The van der Waals surface area contributed by atoms with Gasteiger partial charge in [0.2, 0.25) is 5.91 Å². The molecule has 0 aromatic carbocycles. The van der Waals surface area contributed by atoms with E-state index < -0.39 is 86.8 Å². The van der Waals surface area contributed by atoms with Crippen molar-refractivity contribution in [3.8, 4) is 0 Å². The molecule has 1 amide bonds. The summed E-state index contributed by atoms with van der Waals surface area (Å²) in [6.07, 6.45) is 59.7. The predicted octanol–water partition coefficient (Wildman–Crippen LogP) is 14.8. The first-order valence-electron chi connectivity index (χ1n) is 36.0. The molecule has 0 aromatic heterocycles. The molecule has 0 radical (unpaired) electrons. The summed E-state index contributed by atoms with van der Waals surface area (Å²) in [4.78, 5) is 13.3. The second-order valence-electron chi connectivity index (χ2n) is 25.3. The second-order valence-corrected chi connectivity index (χ2v) is 25.3. The summed E-state index contributed by atoms with van der Waals surface area (Å²) in [7, 11) is 0. The Kier molecular flexibility index (Phi) is 53.5. The van der Waals surface area contributed by atoms with Gasteiger partial charge in [0, 0.05) is 6.42 Å². The predicted molar refractivity (Wildman–Crippen MR) is 355 cm³/mol. The third-order valence-electron chi connectivity index (χ3n) is 17.5. The van der Waals surface area contributed by atoms with Crippen molar-refractivity contribution in [2.24, 2.45) is 0 Å². The van der Waals surface area contributed by atoms with Crippen LogP contribution < -0.4 is 5.32 Å². The van der Waals surface area contributed by atoms with Crippen LogP contribution in [0.2, 0.25) is 0 Å². The standard InChI is InChI=1S/C73H133NO13/c1-3-5-7-9-11-13-15-17-19-20-21-22-23-24-25-26-27-28-29-30-31-32-33-34-35-36-37-38-39-40-41-42-43-45-47-49-51-53-55-57-65(78)74-61(62(77)56-54-52-50-48-46-44-18-16-14-12-10-8-6-4-2)60-84-72-70(83)68(81)71(64(59-76)86-72)87-73-69(82)67(80)66(79)63(58-75)85-73/h5,7,11,13,17,19,21-22,24-25,61-64,66-73,75-77,79-83H,3-4,6,8-10,12,14-16,18,20,23,26-60H2,1-2H3,(H,74,78)/b7-5-,13-11-,19-17-,22-21-,25-24-. The summed E-state index contributed by atoms with van der Waals surface area (Å²) >= 11 is 0. The van der Waals surface area contributed by atoms with Gasteiger partial charge in [0.1, 0.15) is 48.8 Å². The molecule has 2 saturated heterocycles. The lowest BCUT2D eigenvalue weighted by Crippen LogP contribution is -2.65. The number of amides is 1. The minimum absolute atomic E-state index is 0.202. The highest BCUT2D eigenvalue weighted by Gasteiger charge is 2.51. The zero-order chi connectivity index (χ0) is 63.1. The number of carbonyl (C=O) groups is 1. The normalized spacial score (nSPS) is 23.6. The summed E-state index contributed by atoms with van der Waals surface area (Å²) in [5, 5.41) is 87.5. The van der Waals surface area contributed by atoms with Crippen LogP contribution in [0.3, 0.4) is 0 Å². The maximum absolute atomic E-state index is 13.3. The Bertz CT molecular complexity index is 1690. The van der Waals surface area contributed by atoms with Crippen molar-refractivity contribution in [3.05, 3.63) is 60.8 Å². The zero-order valence-electron chi connectivity index (χ0n) is 55.3. The van der Waals surface area contributed by atoms with E-state index in [9.17, 15) is 45.6 Å². The van der Waals surface area contributed by atoms with E-state index in [1.165, 1.54) is 193 Å². The van der Waals surface area contributed by atoms with Gasteiger partial charge in [-0.3, -0.25) is 4.79 Å². The molecule has 0 aromatic rings. The quantitative estimate of drug-likeness (QED) is 0.0204. The first kappa shape index (κ1) is 80.8. The van der Waals surface area contributed by atoms with Crippen LogP contribution in [0.4, 0.5) is 0 Å². The SMILES string of the molecule is CC/C=C\C/C=C\C/C=C\C/C=C\C/C=C\CCCCCCCCCCCCCCCCCCCCCCCCCC(=O)NC(COC1OC(CO)C(OC2OC(CO)C(O)C(O)C2O)C(O)C1O)C(O)CCCCCCCCCCCCCCCC. The van der Waals surface area contributed by atoms with Crippen molar-refractivity contribution >= 4 is 5.91 Å². The maximum Gasteiger partial charge on any atom is 0.220 e. The molecule has 2 aliphatic rings. The monoisotopic (exact) mass is 1230 g/mol. The molecule has 2 aliphatic heterocycles. The highest BCUT2D eigenvalue weighted by atomic mass is 16.7. The molecule has 508 valence electrons. The van der Waals surface area contributed by atoms with Crippen LogP contribution in [-0.4, -0.2) is 140 Å². The molecule has 12 unspecified atom stereocenters. The van der Waals surface area contributed by atoms with E-state index in [2.05, 4.69) is 79.9 Å². The fraction of sp³-hybridized carbons (Fsp3) is 0.849. The van der Waals surface area contributed by atoms with Crippen molar-refractivity contribution in [1.82, 2.24) is 5.32 Å². The summed E-state index contributed by atoms with van der Waals surface area (Å²) < 4.78 is 22.9. The van der Waals surface area contributed by atoms with E-state index in [1.54, 1.807) is 0 Å². The molecule has 12 atom stereocenters. The van der Waals surface area contributed by atoms with Crippen LogP contribution in [0.15, 0.2) is 60.8 Å². The summed E-state index contributed by atoms with van der Waals surface area (Å²) in [6.45, 7) is 2.77. The minimum Gasteiger partial charge on any atom is -0.394 e. The largest absolute Gasteiger partial charge is 0.394 e. The lowest BCUT2D eigenvalue weighted by atomic mass is 9.97. The van der Waals surface area contributed by atoms with Gasteiger partial charge in [0.05, 0.1) is 32.0 Å². The van der Waals surface area contributed by atoms with E-state index in [-0.39, 0.29) is 12.5 Å². The number of carbonyl (C=O) groups excluding carboxylic acids is 1. The number of nitrogens with one attached hydrogen (secondary N) is 1. The van der Waals surface area contributed by atoms with Crippen molar-refractivity contribution in [1.29, 1.82) is 0 Å². The first-order chi connectivity index (χ1) is 42.6. The topological polar surface area (TPSA) is 228 Å². The van der Waals surface area contributed by atoms with Crippen LogP contribution >= 0.6 is 0 Å². The van der Waals surface area contributed by atoms with Crippen molar-refractivity contribution < 1.29 is 64.6 Å². The fourth-order valence-electron chi connectivity index (χ4n) is 11.8. The molecule has 14 nitrogen and oxygen atoms in total. The van der Waals surface area contributed by atoms with E-state index in [0.29, 0.717) is 12.8 Å². The van der Waals surface area contributed by atoms with Gasteiger partial charge in [-0.05, 0) is 57.8 Å². The molecule has 14 heteroatoms. The molecular weight excluding hydrogens is 1100 g/mol. The summed E-state index contributed by atoms with van der Waals surface area (Å²) in [5.74, 6) is -0.202. The van der Waals surface area contributed by atoms with E-state index >= 15 is 0 Å².